The average molecular weight is 542 g/mol. The fraction of sp³-hybridized carbons (Fsp3) is 0.345. The Kier molecular flexibility index (Phi) is 10.1. The van der Waals surface area contributed by atoms with Crippen LogP contribution >= 0.6 is 11.6 Å². The number of rotatable bonds is 9. The van der Waals surface area contributed by atoms with Crippen molar-refractivity contribution < 1.29 is 13.2 Å². The Hall–Kier alpha value is -2.87. The molecule has 0 aromatic heterocycles. The highest BCUT2D eigenvalue weighted by Gasteiger charge is 2.31. The SMILES string of the molecule is C/C=C\C(=C/C=C(C)C)S(=O)(=O)N(CC(=O)N1CCN(Cc2ccccc2)CC1)c1cccc(Cl)c1C. The summed E-state index contributed by atoms with van der Waals surface area (Å²) < 4.78 is 29.0. The van der Waals surface area contributed by atoms with Crippen molar-refractivity contribution in [2.24, 2.45) is 0 Å². The molecule has 6 nitrogen and oxygen atoms in total. The fourth-order valence-electron chi connectivity index (χ4n) is 4.15. The van der Waals surface area contributed by atoms with Gasteiger partial charge in [-0.2, -0.15) is 0 Å². The van der Waals surface area contributed by atoms with E-state index >= 15 is 0 Å². The molecule has 8 heteroatoms. The Morgan fingerprint density at radius 2 is 1.68 bits per heavy atom. The van der Waals surface area contributed by atoms with Crippen molar-refractivity contribution in [3.05, 3.63) is 99.5 Å². The molecule has 0 saturated carbocycles. The Balaban J connectivity index is 1.85. The molecule has 0 N–H and O–H groups in total. The zero-order valence-electron chi connectivity index (χ0n) is 22.0. The van der Waals surface area contributed by atoms with Crippen LogP contribution in [0.3, 0.4) is 0 Å². The summed E-state index contributed by atoms with van der Waals surface area (Å²) in [4.78, 5) is 17.6. The number of benzene rings is 2. The lowest BCUT2D eigenvalue weighted by Crippen LogP contribution is -2.51. The van der Waals surface area contributed by atoms with Gasteiger partial charge in [0.25, 0.3) is 10.0 Å². The molecule has 198 valence electrons. The van der Waals surface area contributed by atoms with Crippen molar-refractivity contribution in [1.29, 1.82) is 0 Å². The number of hydrogen-bond acceptors (Lipinski definition) is 4. The van der Waals surface area contributed by atoms with Gasteiger partial charge in [-0.15, -0.1) is 0 Å². The van der Waals surface area contributed by atoms with E-state index in [1.54, 1.807) is 61.3 Å². The van der Waals surface area contributed by atoms with Crippen LogP contribution in [0.2, 0.25) is 5.02 Å². The highest BCUT2D eigenvalue weighted by atomic mass is 35.5. The largest absolute Gasteiger partial charge is 0.339 e. The molecule has 1 aliphatic heterocycles. The molecule has 0 radical (unpaired) electrons. The van der Waals surface area contributed by atoms with Gasteiger partial charge in [0.15, 0.2) is 0 Å². The predicted molar refractivity (Wildman–Crippen MR) is 153 cm³/mol. The molecule has 0 bridgehead atoms. The molecule has 3 rings (SSSR count). The number of carbonyl (C=O) groups excluding carboxylic acids is 1. The molecule has 1 saturated heterocycles. The van der Waals surface area contributed by atoms with Crippen molar-refractivity contribution in [1.82, 2.24) is 9.80 Å². The summed E-state index contributed by atoms with van der Waals surface area (Å²) >= 11 is 6.36. The zero-order chi connectivity index (χ0) is 27.0. The lowest BCUT2D eigenvalue weighted by atomic mass is 10.2. The van der Waals surface area contributed by atoms with Crippen LogP contribution < -0.4 is 4.31 Å². The molecule has 0 unspecified atom stereocenters. The number of allylic oxidation sites excluding steroid dienone is 5. The first kappa shape index (κ1) is 28.7. The summed E-state index contributed by atoms with van der Waals surface area (Å²) in [5, 5.41) is 0.445. The Morgan fingerprint density at radius 3 is 2.30 bits per heavy atom. The lowest BCUT2D eigenvalue weighted by Gasteiger charge is -2.36. The first-order chi connectivity index (χ1) is 17.6. The highest BCUT2D eigenvalue weighted by Crippen LogP contribution is 2.31. The maximum atomic E-state index is 13.9. The first-order valence-corrected chi connectivity index (χ1v) is 14.2. The van der Waals surface area contributed by atoms with Crippen molar-refractivity contribution >= 4 is 33.2 Å². The van der Waals surface area contributed by atoms with E-state index in [1.807, 2.05) is 32.0 Å². The minimum atomic E-state index is -4.05. The van der Waals surface area contributed by atoms with Gasteiger partial charge in [0, 0.05) is 37.7 Å². The summed E-state index contributed by atoms with van der Waals surface area (Å²) in [6, 6.07) is 15.3. The minimum Gasteiger partial charge on any atom is -0.339 e. The molecule has 1 heterocycles. The van der Waals surface area contributed by atoms with Gasteiger partial charge in [-0.1, -0.05) is 65.7 Å². The maximum Gasteiger partial charge on any atom is 0.264 e. The maximum absolute atomic E-state index is 13.9. The van der Waals surface area contributed by atoms with Gasteiger partial charge >= 0.3 is 0 Å². The number of amides is 1. The monoisotopic (exact) mass is 541 g/mol. The topological polar surface area (TPSA) is 60.9 Å². The van der Waals surface area contributed by atoms with E-state index < -0.39 is 10.0 Å². The normalized spacial score (nSPS) is 15.2. The number of carbonyl (C=O) groups is 1. The van der Waals surface area contributed by atoms with Crippen LogP contribution in [-0.2, 0) is 21.4 Å². The number of nitrogens with zero attached hydrogens (tertiary/aromatic N) is 3. The Labute approximate surface area is 226 Å². The highest BCUT2D eigenvalue weighted by molar-refractivity contribution is 7.96. The summed E-state index contributed by atoms with van der Waals surface area (Å²) in [6.07, 6.45) is 6.56. The van der Waals surface area contributed by atoms with Crippen LogP contribution in [0.15, 0.2) is 83.3 Å². The predicted octanol–water partition coefficient (Wildman–Crippen LogP) is 5.56. The summed E-state index contributed by atoms with van der Waals surface area (Å²) in [5.41, 5.74) is 3.20. The summed E-state index contributed by atoms with van der Waals surface area (Å²) in [5.74, 6) is -0.232. The van der Waals surface area contributed by atoms with E-state index in [2.05, 4.69) is 17.0 Å². The molecular weight excluding hydrogens is 506 g/mol. The summed E-state index contributed by atoms with van der Waals surface area (Å²) in [6.45, 7) is 10.4. The third-order valence-electron chi connectivity index (χ3n) is 6.26. The second-order valence-electron chi connectivity index (χ2n) is 9.35. The molecule has 1 amide bonds. The molecule has 2 aromatic rings. The smallest absolute Gasteiger partial charge is 0.264 e. The Bertz CT molecular complexity index is 1270. The molecule has 0 aliphatic carbocycles. The second-order valence-corrected chi connectivity index (χ2v) is 11.6. The van der Waals surface area contributed by atoms with Gasteiger partial charge < -0.3 is 4.90 Å². The van der Waals surface area contributed by atoms with Crippen molar-refractivity contribution in [2.45, 2.75) is 34.2 Å². The van der Waals surface area contributed by atoms with Crippen molar-refractivity contribution in [3.8, 4) is 0 Å². The van der Waals surface area contributed by atoms with Crippen LogP contribution in [-0.4, -0.2) is 56.8 Å². The zero-order valence-corrected chi connectivity index (χ0v) is 23.6. The molecule has 37 heavy (non-hydrogen) atoms. The van der Waals surface area contributed by atoms with Crippen LogP contribution in [0.5, 0.6) is 0 Å². The van der Waals surface area contributed by atoms with Gasteiger partial charge in [-0.3, -0.25) is 14.0 Å². The number of sulfonamides is 1. The lowest BCUT2D eigenvalue weighted by molar-refractivity contribution is -0.131. The van der Waals surface area contributed by atoms with Crippen molar-refractivity contribution in [2.75, 3.05) is 37.0 Å². The Morgan fingerprint density at radius 1 is 1.00 bits per heavy atom. The third-order valence-corrected chi connectivity index (χ3v) is 8.44. The molecule has 1 aliphatic rings. The van der Waals surface area contributed by atoms with Crippen LogP contribution in [0.4, 0.5) is 5.69 Å². The fourth-order valence-corrected chi connectivity index (χ4v) is 5.86. The standard InChI is InChI=1S/C29H36ClN3O3S/c1-5-10-26(16-15-23(2)3)37(35,36)33(28-14-9-13-27(30)24(28)4)22-29(34)32-19-17-31(18-20-32)21-25-11-7-6-8-12-25/h5-16H,17-22H2,1-4H3/b10-5-,26-16+. The van der Waals surface area contributed by atoms with Gasteiger partial charge in [0.05, 0.1) is 10.6 Å². The second kappa shape index (κ2) is 13.1. The van der Waals surface area contributed by atoms with Gasteiger partial charge in [0.1, 0.15) is 6.54 Å². The van der Waals surface area contributed by atoms with Crippen LogP contribution in [0, 0.1) is 6.92 Å². The van der Waals surface area contributed by atoms with Crippen molar-refractivity contribution in [3.63, 3.8) is 0 Å². The quantitative estimate of drug-likeness (QED) is 0.390. The molecule has 1 fully saturated rings. The number of anilines is 1. The molecular formula is C29H36ClN3O3S. The van der Waals surface area contributed by atoms with E-state index in [4.69, 9.17) is 11.6 Å². The van der Waals surface area contributed by atoms with E-state index in [1.165, 1.54) is 9.87 Å². The van der Waals surface area contributed by atoms with Crippen LogP contribution in [0.1, 0.15) is 31.9 Å². The molecule has 0 spiro atoms. The van der Waals surface area contributed by atoms with Gasteiger partial charge in [0.2, 0.25) is 5.91 Å². The van der Waals surface area contributed by atoms with E-state index in [9.17, 15) is 13.2 Å². The first-order valence-electron chi connectivity index (χ1n) is 12.4. The summed E-state index contributed by atoms with van der Waals surface area (Å²) in [7, 11) is -4.05. The molecule has 2 aromatic carbocycles. The van der Waals surface area contributed by atoms with Crippen LogP contribution in [0.25, 0.3) is 0 Å². The molecule has 0 atom stereocenters. The van der Waals surface area contributed by atoms with E-state index in [0.717, 1.165) is 25.2 Å². The minimum absolute atomic E-state index is 0.107. The number of piperazine rings is 1. The van der Waals surface area contributed by atoms with E-state index in [-0.39, 0.29) is 17.4 Å². The van der Waals surface area contributed by atoms with Gasteiger partial charge in [-0.05, 0) is 63.1 Å². The third kappa shape index (κ3) is 7.57. The average Bonchev–Trinajstić information content (AvgIpc) is 2.87. The van der Waals surface area contributed by atoms with Gasteiger partial charge in [-0.25, -0.2) is 8.42 Å². The van der Waals surface area contributed by atoms with E-state index in [0.29, 0.717) is 29.4 Å². The number of halogens is 1. The number of hydrogen-bond donors (Lipinski definition) is 0.